The second kappa shape index (κ2) is 4.35. The maximum atomic E-state index is 10.8. The van der Waals surface area contributed by atoms with Gasteiger partial charge in [-0.2, -0.15) is 4.31 Å². The predicted octanol–water partition coefficient (Wildman–Crippen LogP) is -0.112. The van der Waals surface area contributed by atoms with Crippen LogP contribution in [-0.4, -0.2) is 20.6 Å². The van der Waals surface area contributed by atoms with E-state index in [4.69, 9.17) is 14.7 Å². The normalized spacial score (nSPS) is 15.7. The quantitative estimate of drug-likeness (QED) is 0.401. The Morgan fingerprint density at radius 2 is 1.79 bits per heavy atom. The van der Waals surface area contributed by atoms with Crippen LogP contribution in [0.25, 0.3) is 0 Å². The van der Waals surface area contributed by atoms with Gasteiger partial charge in [0, 0.05) is 5.57 Å². The Hall–Kier alpha value is -0.490. The lowest BCUT2D eigenvalue weighted by Crippen LogP contribution is -2.21. The number of amides is 1. The Labute approximate surface area is 79.4 Å². The van der Waals surface area contributed by atoms with E-state index in [0.29, 0.717) is 0 Å². The molecule has 0 heterocycles. The molecule has 0 aromatic carbocycles. The monoisotopic (exact) mass is 245 g/mol. The van der Waals surface area contributed by atoms with Crippen molar-refractivity contribution in [3.8, 4) is 0 Å². The van der Waals surface area contributed by atoms with E-state index in [2.05, 4.69) is 10.9 Å². The summed E-state index contributed by atoms with van der Waals surface area (Å²) >= 11 is 0. The van der Waals surface area contributed by atoms with E-state index in [9.17, 15) is 13.9 Å². The lowest BCUT2D eigenvalue weighted by Gasteiger charge is -2.12. The summed E-state index contributed by atoms with van der Waals surface area (Å²) in [5.74, 6) is -1.04. The fraction of sp³-hybridized carbons (Fsp3) is 0.250. The summed E-state index contributed by atoms with van der Waals surface area (Å²) in [6.45, 7) is 4.38. The number of carbonyl (C=O) groups excluding carboxylic acids is 1. The molecule has 8 nitrogen and oxygen atoms in total. The van der Waals surface area contributed by atoms with Gasteiger partial charge in [-0.1, -0.05) is 6.58 Å². The summed E-state index contributed by atoms with van der Waals surface area (Å²) < 4.78 is 24.4. The van der Waals surface area contributed by atoms with E-state index in [1.165, 1.54) is 12.0 Å². The van der Waals surface area contributed by atoms with Crippen molar-refractivity contribution in [2.75, 3.05) is 0 Å². The Kier molecular flexibility index (Phi) is 4.20. The van der Waals surface area contributed by atoms with Gasteiger partial charge in [-0.3, -0.25) is 9.88 Å². The molecule has 82 valence electrons. The highest BCUT2D eigenvalue weighted by Gasteiger charge is 2.32. The van der Waals surface area contributed by atoms with Gasteiger partial charge in [-0.05, 0) is 6.92 Å². The van der Waals surface area contributed by atoms with Crippen LogP contribution < -0.4 is 5.09 Å². The summed E-state index contributed by atoms with van der Waals surface area (Å²) in [5, 5.41) is 1.37. The van der Waals surface area contributed by atoms with Gasteiger partial charge in [0.2, 0.25) is 0 Å². The molecule has 0 aliphatic carbocycles. The van der Waals surface area contributed by atoms with Crippen LogP contribution in [0.4, 0.5) is 0 Å². The summed E-state index contributed by atoms with van der Waals surface area (Å²) in [5.41, 5.74) is -0.103. The van der Waals surface area contributed by atoms with Crippen LogP contribution in [0.5, 0.6) is 0 Å². The topological polar surface area (TPSA) is 133 Å². The van der Waals surface area contributed by atoms with Crippen molar-refractivity contribution in [3.63, 3.8) is 0 Å². The Bertz CT molecular complexity index is 344. The number of rotatable bonds is 4. The van der Waals surface area contributed by atoms with Gasteiger partial charge >= 0.3 is 15.6 Å². The minimum Gasteiger partial charge on any atom is -0.308 e. The zero-order valence-corrected chi connectivity index (χ0v) is 8.87. The summed E-state index contributed by atoms with van der Waals surface area (Å²) in [4.78, 5) is 35.9. The molecule has 0 saturated heterocycles. The third kappa shape index (κ3) is 6.04. The Morgan fingerprint density at radius 3 is 2.07 bits per heavy atom. The zero-order valence-electron chi connectivity index (χ0n) is 7.08. The summed E-state index contributed by atoms with van der Waals surface area (Å²) in [7, 11) is -9.98. The van der Waals surface area contributed by atoms with E-state index in [-0.39, 0.29) is 5.57 Å². The van der Waals surface area contributed by atoms with Crippen molar-refractivity contribution in [3.05, 3.63) is 12.2 Å². The maximum Gasteiger partial charge on any atom is 0.478 e. The van der Waals surface area contributed by atoms with Crippen LogP contribution in [0.2, 0.25) is 0 Å². The van der Waals surface area contributed by atoms with Gasteiger partial charge in [0.1, 0.15) is 0 Å². The largest absolute Gasteiger partial charge is 0.478 e. The van der Waals surface area contributed by atoms with Crippen LogP contribution in [0.15, 0.2) is 12.2 Å². The number of hydrogen-bond acceptors (Lipinski definition) is 4. The molecule has 10 heteroatoms. The number of nitrogens with one attached hydrogen (secondary N) is 1. The average molecular weight is 245 g/mol. The average Bonchev–Trinajstić information content (AvgIpc) is 1.78. The molecule has 0 spiro atoms. The number of phosphoric acid groups is 1. The lowest BCUT2D eigenvalue weighted by molar-refractivity contribution is -0.116. The molecule has 0 aromatic heterocycles. The lowest BCUT2D eigenvalue weighted by atomic mass is 10.3. The highest BCUT2D eigenvalue weighted by atomic mass is 31.3. The second-order valence-corrected chi connectivity index (χ2v) is 5.21. The number of hydrogen-bond donors (Lipinski definition) is 4. The van der Waals surface area contributed by atoms with Crippen LogP contribution in [0.1, 0.15) is 6.92 Å². The second-order valence-electron chi connectivity index (χ2n) is 2.31. The first-order valence-corrected chi connectivity index (χ1v) is 6.22. The van der Waals surface area contributed by atoms with Gasteiger partial charge in [0.25, 0.3) is 5.91 Å². The van der Waals surface area contributed by atoms with E-state index in [0.717, 1.165) is 0 Å². The van der Waals surface area contributed by atoms with Gasteiger partial charge in [-0.25, -0.2) is 9.13 Å². The molecule has 0 aliphatic rings. The minimum absolute atomic E-state index is 0.103. The molecule has 0 bridgehead atoms. The van der Waals surface area contributed by atoms with Gasteiger partial charge in [-0.15, -0.1) is 0 Å². The zero-order chi connectivity index (χ0) is 11.6. The molecule has 14 heavy (non-hydrogen) atoms. The number of carbonyl (C=O) groups is 1. The SMILES string of the molecule is C=C(C)C(=O)NP(=O)(O)OP(=O)(O)O. The fourth-order valence-corrected chi connectivity index (χ4v) is 2.15. The molecule has 1 atom stereocenters. The van der Waals surface area contributed by atoms with Crippen molar-refractivity contribution >= 4 is 21.5 Å². The molecule has 4 N–H and O–H groups in total. The molecule has 1 amide bonds. The van der Waals surface area contributed by atoms with Crippen molar-refractivity contribution in [2.24, 2.45) is 0 Å². The molecule has 0 saturated carbocycles. The molecule has 0 aromatic rings. The van der Waals surface area contributed by atoms with Gasteiger partial charge in [0.15, 0.2) is 0 Å². The maximum absolute atomic E-state index is 10.8. The Balaban J connectivity index is 4.52. The first kappa shape index (κ1) is 13.5. The first-order chi connectivity index (χ1) is 6.03. The van der Waals surface area contributed by atoms with Crippen LogP contribution in [0.3, 0.4) is 0 Å². The molecule has 1 unspecified atom stereocenters. The minimum atomic E-state index is -5.13. The standard InChI is InChI=1S/C4H9NO7P2/c1-3(2)4(6)5-13(7,8)12-14(9,10)11/h1H2,2H3,(H2,9,10,11)(H2,5,6,7,8). The van der Waals surface area contributed by atoms with E-state index >= 15 is 0 Å². The van der Waals surface area contributed by atoms with Crippen LogP contribution in [-0.2, 0) is 18.2 Å². The van der Waals surface area contributed by atoms with E-state index in [1.807, 2.05) is 0 Å². The smallest absolute Gasteiger partial charge is 0.308 e. The van der Waals surface area contributed by atoms with Crippen molar-refractivity contribution in [1.29, 1.82) is 0 Å². The van der Waals surface area contributed by atoms with Crippen LogP contribution >= 0.6 is 15.6 Å². The summed E-state index contributed by atoms with van der Waals surface area (Å²) in [6.07, 6.45) is 0. The van der Waals surface area contributed by atoms with Gasteiger partial charge in [0.05, 0.1) is 0 Å². The molecular formula is C4H9NO7P2. The highest BCUT2D eigenvalue weighted by molar-refractivity contribution is 7.62. The van der Waals surface area contributed by atoms with Crippen molar-refractivity contribution < 1.29 is 32.9 Å². The molecule has 0 fully saturated rings. The summed E-state index contributed by atoms with van der Waals surface area (Å²) in [6, 6.07) is 0. The third-order valence-electron chi connectivity index (χ3n) is 0.847. The predicted molar refractivity (Wildman–Crippen MR) is 45.9 cm³/mol. The Morgan fingerprint density at radius 1 is 1.36 bits per heavy atom. The fourth-order valence-electron chi connectivity index (χ4n) is 0.388. The van der Waals surface area contributed by atoms with Gasteiger partial charge < -0.3 is 14.7 Å². The molecular weight excluding hydrogens is 236 g/mol. The van der Waals surface area contributed by atoms with E-state index in [1.54, 1.807) is 0 Å². The third-order valence-corrected chi connectivity index (χ3v) is 3.07. The highest BCUT2D eigenvalue weighted by Crippen LogP contribution is 2.54. The van der Waals surface area contributed by atoms with E-state index < -0.39 is 21.5 Å². The van der Waals surface area contributed by atoms with Crippen molar-refractivity contribution in [1.82, 2.24) is 5.09 Å². The molecule has 0 aliphatic heterocycles. The first-order valence-electron chi connectivity index (χ1n) is 3.11. The molecule has 0 radical (unpaired) electrons. The molecule has 0 rings (SSSR count). The van der Waals surface area contributed by atoms with Crippen molar-refractivity contribution in [2.45, 2.75) is 6.92 Å². The van der Waals surface area contributed by atoms with Crippen LogP contribution in [0, 0.1) is 0 Å².